The van der Waals surface area contributed by atoms with Gasteiger partial charge in [0.15, 0.2) is 0 Å². The molecule has 0 saturated heterocycles. The van der Waals surface area contributed by atoms with Crippen LogP contribution in [0.1, 0.15) is 40.4 Å². The number of aliphatic hydroxyl groups excluding tert-OH is 1. The van der Waals surface area contributed by atoms with Gasteiger partial charge in [-0.15, -0.1) is 0 Å². The van der Waals surface area contributed by atoms with Gasteiger partial charge in [-0.1, -0.05) is 0 Å². The number of nitriles is 1. The number of ether oxygens (including phenoxy) is 1. The zero-order valence-corrected chi connectivity index (χ0v) is 9.61. The number of nitrogens with zero attached hydrogens (tertiary/aromatic N) is 1. The Morgan fingerprint density at radius 1 is 1.56 bits per heavy atom. The molecule has 0 heterocycles. The summed E-state index contributed by atoms with van der Waals surface area (Å²) >= 11 is 0. The molecule has 1 N–H and O–H groups in total. The van der Waals surface area contributed by atoms with Crippen molar-refractivity contribution in [2.24, 2.45) is 0 Å². The van der Waals surface area contributed by atoms with Crippen LogP contribution in [0.4, 0.5) is 8.78 Å². The number of benzene rings is 1. The minimum absolute atomic E-state index is 0.0261. The smallest absolute Gasteiger partial charge is 0.338 e. The molecule has 0 aliphatic rings. The maximum atomic E-state index is 12.8. The quantitative estimate of drug-likeness (QED) is 0.837. The first-order valence-electron chi connectivity index (χ1n) is 5.18. The zero-order chi connectivity index (χ0) is 13.7. The van der Waals surface area contributed by atoms with Crippen LogP contribution in [0.15, 0.2) is 12.1 Å². The van der Waals surface area contributed by atoms with Crippen LogP contribution >= 0.6 is 0 Å². The van der Waals surface area contributed by atoms with Crippen molar-refractivity contribution in [2.75, 3.05) is 6.61 Å². The summed E-state index contributed by atoms with van der Waals surface area (Å²) in [6.07, 6.45) is -2.89. The van der Waals surface area contributed by atoms with Gasteiger partial charge in [0.05, 0.1) is 30.4 Å². The Hall–Kier alpha value is -2.00. The molecule has 0 bridgehead atoms. The average molecular weight is 255 g/mol. The zero-order valence-electron chi connectivity index (χ0n) is 9.61. The lowest BCUT2D eigenvalue weighted by Gasteiger charge is -2.11. The largest absolute Gasteiger partial charge is 0.462 e. The highest BCUT2D eigenvalue weighted by molar-refractivity contribution is 5.90. The van der Waals surface area contributed by atoms with Crippen LogP contribution in [0.25, 0.3) is 0 Å². The molecule has 0 amide bonds. The molecule has 1 aromatic carbocycles. The van der Waals surface area contributed by atoms with Crippen LogP contribution in [0.3, 0.4) is 0 Å². The average Bonchev–Trinajstić information content (AvgIpc) is 2.36. The van der Waals surface area contributed by atoms with Crippen LogP contribution < -0.4 is 0 Å². The minimum atomic E-state index is -2.89. The molecule has 0 atom stereocenters. The molecule has 18 heavy (non-hydrogen) atoms. The van der Waals surface area contributed by atoms with Crippen molar-refractivity contribution in [1.29, 1.82) is 5.26 Å². The Balaban J connectivity index is 3.36. The van der Waals surface area contributed by atoms with E-state index in [1.54, 1.807) is 13.0 Å². The van der Waals surface area contributed by atoms with Crippen molar-refractivity contribution in [3.63, 3.8) is 0 Å². The molecule has 4 nitrogen and oxygen atoms in total. The van der Waals surface area contributed by atoms with E-state index in [2.05, 4.69) is 0 Å². The number of aliphatic hydroxyl groups is 1. The molecule has 0 radical (unpaired) electrons. The van der Waals surface area contributed by atoms with Gasteiger partial charge in [0.25, 0.3) is 6.43 Å². The summed E-state index contributed by atoms with van der Waals surface area (Å²) in [5, 5.41) is 17.8. The summed E-state index contributed by atoms with van der Waals surface area (Å²) in [6, 6.07) is 3.74. The van der Waals surface area contributed by atoms with Crippen molar-refractivity contribution in [3.8, 4) is 6.07 Å². The molecule has 0 aliphatic carbocycles. The first kappa shape index (κ1) is 14.1. The van der Waals surface area contributed by atoms with E-state index in [0.717, 1.165) is 12.1 Å². The predicted octanol–water partition coefficient (Wildman–Crippen LogP) is 2.16. The maximum absolute atomic E-state index is 12.8. The second kappa shape index (κ2) is 6.07. The van der Waals surface area contributed by atoms with E-state index in [1.165, 1.54) is 0 Å². The maximum Gasteiger partial charge on any atom is 0.338 e. The van der Waals surface area contributed by atoms with E-state index < -0.39 is 24.6 Å². The third-order valence-electron chi connectivity index (χ3n) is 2.29. The number of carbonyl (C=O) groups is 1. The van der Waals surface area contributed by atoms with Gasteiger partial charge in [0.2, 0.25) is 0 Å². The van der Waals surface area contributed by atoms with E-state index in [1.807, 2.05) is 0 Å². The fourth-order valence-electron chi connectivity index (χ4n) is 1.53. The number of hydrogen-bond donors (Lipinski definition) is 1. The Bertz CT molecular complexity index is 495. The van der Waals surface area contributed by atoms with E-state index in [0.29, 0.717) is 0 Å². The molecule has 0 aliphatic heterocycles. The van der Waals surface area contributed by atoms with Gasteiger partial charge < -0.3 is 9.84 Å². The fraction of sp³-hybridized carbons (Fsp3) is 0.333. The van der Waals surface area contributed by atoms with Crippen molar-refractivity contribution >= 4 is 5.97 Å². The van der Waals surface area contributed by atoms with E-state index in [9.17, 15) is 13.6 Å². The highest BCUT2D eigenvalue weighted by Crippen LogP contribution is 2.28. The van der Waals surface area contributed by atoms with Gasteiger partial charge in [-0.05, 0) is 24.6 Å². The summed E-state index contributed by atoms with van der Waals surface area (Å²) in [5.74, 6) is -0.718. The number of alkyl halides is 2. The first-order valence-corrected chi connectivity index (χ1v) is 5.18. The summed E-state index contributed by atoms with van der Waals surface area (Å²) in [5.41, 5.74) is -1.05. The molecule has 0 unspecified atom stereocenters. The Labute approximate surface area is 102 Å². The lowest BCUT2D eigenvalue weighted by molar-refractivity contribution is 0.0525. The second-order valence-corrected chi connectivity index (χ2v) is 3.39. The molecule has 0 fully saturated rings. The lowest BCUT2D eigenvalue weighted by Crippen LogP contribution is -2.08. The van der Waals surface area contributed by atoms with Gasteiger partial charge in [0.1, 0.15) is 0 Å². The normalized spacial score (nSPS) is 10.2. The van der Waals surface area contributed by atoms with Gasteiger partial charge >= 0.3 is 5.97 Å². The third kappa shape index (κ3) is 2.81. The van der Waals surface area contributed by atoms with Crippen molar-refractivity contribution < 1.29 is 23.4 Å². The third-order valence-corrected chi connectivity index (χ3v) is 2.29. The van der Waals surface area contributed by atoms with Crippen LogP contribution in [-0.4, -0.2) is 17.7 Å². The summed E-state index contributed by atoms with van der Waals surface area (Å²) in [6.45, 7) is 1.05. The Morgan fingerprint density at radius 2 is 2.22 bits per heavy atom. The second-order valence-electron chi connectivity index (χ2n) is 3.39. The van der Waals surface area contributed by atoms with Crippen molar-refractivity contribution in [2.45, 2.75) is 20.0 Å². The van der Waals surface area contributed by atoms with Crippen LogP contribution in [0, 0.1) is 11.3 Å². The van der Waals surface area contributed by atoms with Gasteiger partial charge in [0, 0.05) is 5.56 Å². The van der Waals surface area contributed by atoms with Gasteiger partial charge in [-0.25, -0.2) is 13.6 Å². The number of halogens is 2. The predicted molar refractivity (Wildman–Crippen MR) is 58.0 cm³/mol. The van der Waals surface area contributed by atoms with E-state index >= 15 is 0 Å². The first-order chi connectivity index (χ1) is 8.54. The minimum Gasteiger partial charge on any atom is -0.462 e. The highest BCUT2D eigenvalue weighted by atomic mass is 19.3. The molecule has 96 valence electrons. The monoisotopic (exact) mass is 255 g/mol. The van der Waals surface area contributed by atoms with Crippen LogP contribution in [0.2, 0.25) is 0 Å². The summed E-state index contributed by atoms with van der Waals surface area (Å²) in [7, 11) is 0. The molecular weight excluding hydrogens is 244 g/mol. The number of hydrogen-bond acceptors (Lipinski definition) is 4. The van der Waals surface area contributed by atoms with Crippen LogP contribution in [-0.2, 0) is 11.3 Å². The SMILES string of the molecule is CCOC(=O)c1cc(C#N)c(C(F)F)c(CO)c1. The van der Waals surface area contributed by atoms with E-state index in [4.69, 9.17) is 15.1 Å². The standard InChI is InChI=1S/C12H11F2NO3/c1-2-18-12(17)7-3-8(5-15)10(11(13)14)9(4-7)6-16/h3-4,11,16H,2,6H2,1H3. The number of esters is 1. The topological polar surface area (TPSA) is 70.3 Å². The van der Waals surface area contributed by atoms with Gasteiger partial charge in [-0.3, -0.25) is 0 Å². The molecule has 0 spiro atoms. The fourth-order valence-corrected chi connectivity index (χ4v) is 1.53. The molecule has 6 heteroatoms. The molecule has 0 aromatic heterocycles. The molecule has 1 aromatic rings. The van der Waals surface area contributed by atoms with Crippen LogP contribution in [0.5, 0.6) is 0 Å². The molecule has 1 rings (SSSR count). The number of carbonyl (C=O) groups excluding carboxylic acids is 1. The summed E-state index contributed by atoms with van der Waals surface area (Å²) in [4.78, 5) is 11.5. The van der Waals surface area contributed by atoms with Crippen molar-refractivity contribution in [1.82, 2.24) is 0 Å². The highest BCUT2D eigenvalue weighted by Gasteiger charge is 2.21. The van der Waals surface area contributed by atoms with Gasteiger partial charge in [-0.2, -0.15) is 5.26 Å². The number of rotatable bonds is 4. The molecular formula is C12H11F2NO3. The Kier molecular flexibility index (Phi) is 4.75. The summed E-state index contributed by atoms with van der Waals surface area (Å²) < 4.78 is 30.2. The Morgan fingerprint density at radius 3 is 2.67 bits per heavy atom. The lowest BCUT2D eigenvalue weighted by atomic mass is 9.98. The van der Waals surface area contributed by atoms with E-state index in [-0.39, 0.29) is 23.3 Å². The molecule has 0 saturated carbocycles. The van der Waals surface area contributed by atoms with Crippen molar-refractivity contribution in [3.05, 3.63) is 34.4 Å².